The number of benzene rings is 2. The Morgan fingerprint density at radius 1 is 0.852 bits per heavy atom. The number of hydrogen-bond acceptors (Lipinski definition) is 3. The summed E-state index contributed by atoms with van der Waals surface area (Å²) >= 11 is 0. The van der Waals surface area contributed by atoms with Crippen LogP contribution in [0.2, 0.25) is 0 Å². The molecule has 144 valence electrons. The van der Waals surface area contributed by atoms with Crippen molar-refractivity contribution in [3.8, 4) is 11.1 Å². The molecule has 1 fully saturated rings. The molecule has 0 radical (unpaired) electrons. The van der Waals surface area contributed by atoms with Crippen molar-refractivity contribution in [1.29, 1.82) is 0 Å². The van der Waals surface area contributed by atoms with E-state index in [1.165, 1.54) is 4.31 Å². The molecular weight excluding hydrogens is 360 g/mol. The first-order valence-electron chi connectivity index (χ1n) is 9.15. The highest BCUT2D eigenvalue weighted by Crippen LogP contribution is 2.30. The fraction of sp³-hybridized carbons (Fsp3) is 0.381. The molecule has 0 N–H and O–H groups in total. The molecule has 27 heavy (non-hydrogen) atoms. The van der Waals surface area contributed by atoms with Crippen molar-refractivity contribution in [2.24, 2.45) is 5.41 Å². The summed E-state index contributed by atoms with van der Waals surface area (Å²) in [6.07, 6.45) is 0. The fourth-order valence-electron chi connectivity index (χ4n) is 3.29. The van der Waals surface area contributed by atoms with Gasteiger partial charge in [-0.05, 0) is 11.6 Å². The molecular formula is C21H26N2O3S. The molecule has 2 aromatic rings. The topological polar surface area (TPSA) is 57.7 Å². The summed E-state index contributed by atoms with van der Waals surface area (Å²) in [6.45, 7) is 7.11. The molecule has 1 aliphatic heterocycles. The molecule has 0 aliphatic carbocycles. The summed E-state index contributed by atoms with van der Waals surface area (Å²) in [6, 6.07) is 16.6. The first-order valence-corrected chi connectivity index (χ1v) is 10.6. The molecule has 0 bridgehead atoms. The standard InChI is InChI=1S/C21H26N2O3S/c1-21(2,3)20(24)22-13-15-23(16-14-22)27(25,26)19-12-8-7-11-18(19)17-9-5-4-6-10-17/h4-12H,13-16H2,1-3H3. The normalized spacial score (nSPS) is 16.3. The minimum atomic E-state index is -3.63. The number of amides is 1. The van der Waals surface area contributed by atoms with Crippen LogP contribution in [0.4, 0.5) is 0 Å². The van der Waals surface area contributed by atoms with Crippen molar-refractivity contribution >= 4 is 15.9 Å². The predicted molar refractivity (Wildman–Crippen MR) is 107 cm³/mol. The van der Waals surface area contributed by atoms with Crippen molar-refractivity contribution in [3.63, 3.8) is 0 Å². The van der Waals surface area contributed by atoms with Gasteiger partial charge in [-0.2, -0.15) is 4.31 Å². The third kappa shape index (κ3) is 4.06. The second-order valence-electron chi connectivity index (χ2n) is 7.81. The van der Waals surface area contributed by atoms with Gasteiger partial charge >= 0.3 is 0 Å². The lowest BCUT2D eigenvalue weighted by Gasteiger charge is -2.37. The third-order valence-corrected chi connectivity index (χ3v) is 6.71. The zero-order chi connectivity index (χ0) is 19.7. The second-order valence-corrected chi connectivity index (χ2v) is 9.71. The van der Waals surface area contributed by atoms with E-state index in [2.05, 4.69) is 0 Å². The van der Waals surface area contributed by atoms with E-state index in [4.69, 9.17) is 0 Å². The van der Waals surface area contributed by atoms with Crippen molar-refractivity contribution in [2.75, 3.05) is 26.2 Å². The maximum Gasteiger partial charge on any atom is 0.243 e. The Labute approximate surface area is 161 Å². The van der Waals surface area contributed by atoms with Crippen molar-refractivity contribution in [2.45, 2.75) is 25.7 Å². The van der Waals surface area contributed by atoms with Gasteiger partial charge in [0.1, 0.15) is 0 Å². The van der Waals surface area contributed by atoms with Crippen LogP contribution in [-0.4, -0.2) is 49.7 Å². The second kappa shape index (κ2) is 7.44. The van der Waals surface area contributed by atoms with E-state index in [-0.39, 0.29) is 5.91 Å². The summed E-state index contributed by atoms with van der Waals surface area (Å²) in [5, 5.41) is 0. The Morgan fingerprint density at radius 2 is 1.41 bits per heavy atom. The molecule has 0 unspecified atom stereocenters. The van der Waals surface area contributed by atoms with Crippen LogP contribution in [0.15, 0.2) is 59.5 Å². The third-order valence-electron chi connectivity index (χ3n) is 4.76. The van der Waals surface area contributed by atoms with Crippen LogP contribution in [0.25, 0.3) is 11.1 Å². The van der Waals surface area contributed by atoms with E-state index in [1.54, 1.807) is 17.0 Å². The number of nitrogens with zero attached hydrogens (tertiary/aromatic N) is 2. The molecule has 1 amide bonds. The molecule has 1 heterocycles. The Kier molecular flexibility index (Phi) is 5.40. The molecule has 3 rings (SSSR count). The summed E-state index contributed by atoms with van der Waals surface area (Å²) in [4.78, 5) is 14.5. The zero-order valence-corrected chi connectivity index (χ0v) is 16.9. The highest BCUT2D eigenvalue weighted by atomic mass is 32.2. The van der Waals surface area contributed by atoms with Crippen LogP contribution >= 0.6 is 0 Å². The smallest absolute Gasteiger partial charge is 0.243 e. The van der Waals surface area contributed by atoms with Crippen LogP contribution in [0.5, 0.6) is 0 Å². The van der Waals surface area contributed by atoms with Gasteiger partial charge in [-0.15, -0.1) is 0 Å². The minimum absolute atomic E-state index is 0.0595. The lowest BCUT2D eigenvalue weighted by molar-refractivity contribution is -0.140. The summed E-state index contributed by atoms with van der Waals surface area (Å²) in [7, 11) is -3.63. The van der Waals surface area contributed by atoms with E-state index >= 15 is 0 Å². The van der Waals surface area contributed by atoms with E-state index in [0.29, 0.717) is 36.6 Å². The van der Waals surface area contributed by atoms with E-state index in [0.717, 1.165) is 5.56 Å². The first-order chi connectivity index (χ1) is 12.7. The van der Waals surface area contributed by atoms with Crippen LogP contribution in [-0.2, 0) is 14.8 Å². The number of carbonyl (C=O) groups is 1. The molecule has 0 spiro atoms. The Hall–Kier alpha value is -2.18. The first kappa shape index (κ1) is 19.6. The number of sulfonamides is 1. The maximum absolute atomic E-state index is 13.3. The average molecular weight is 387 g/mol. The SMILES string of the molecule is CC(C)(C)C(=O)N1CCN(S(=O)(=O)c2ccccc2-c2ccccc2)CC1. The number of rotatable bonds is 3. The number of carbonyl (C=O) groups excluding carboxylic acids is 1. The Balaban J connectivity index is 1.84. The molecule has 6 heteroatoms. The lowest BCUT2D eigenvalue weighted by Crippen LogP contribution is -2.52. The summed E-state index contributed by atoms with van der Waals surface area (Å²) < 4.78 is 28.0. The summed E-state index contributed by atoms with van der Waals surface area (Å²) in [5.41, 5.74) is 1.12. The minimum Gasteiger partial charge on any atom is -0.340 e. The lowest BCUT2D eigenvalue weighted by atomic mass is 9.94. The molecule has 2 aromatic carbocycles. The van der Waals surface area contributed by atoms with Crippen molar-refractivity contribution in [3.05, 3.63) is 54.6 Å². The molecule has 1 saturated heterocycles. The number of piperazine rings is 1. The van der Waals surface area contributed by atoms with Gasteiger partial charge < -0.3 is 4.90 Å². The van der Waals surface area contributed by atoms with Gasteiger partial charge in [-0.1, -0.05) is 69.3 Å². The van der Waals surface area contributed by atoms with Crippen LogP contribution in [0.1, 0.15) is 20.8 Å². The highest BCUT2D eigenvalue weighted by Gasteiger charge is 2.34. The Bertz CT molecular complexity index is 910. The summed E-state index contributed by atoms with van der Waals surface area (Å²) in [5.74, 6) is 0.0595. The quantitative estimate of drug-likeness (QED) is 0.814. The number of hydrogen-bond donors (Lipinski definition) is 0. The van der Waals surface area contributed by atoms with Gasteiger partial charge in [-0.25, -0.2) is 8.42 Å². The van der Waals surface area contributed by atoms with Gasteiger partial charge in [0.25, 0.3) is 0 Å². The van der Waals surface area contributed by atoms with Crippen LogP contribution in [0, 0.1) is 5.41 Å². The zero-order valence-electron chi connectivity index (χ0n) is 16.1. The van der Waals surface area contributed by atoms with Crippen molar-refractivity contribution < 1.29 is 13.2 Å². The highest BCUT2D eigenvalue weighted by molar-refractivity contribution is 7.89. The fourth-order valence-corrected chi connectivity index (χ4v) is 4.93. The van der Waals surface area contributed by atoms with E-state index < -0.39 is 15.4 Å². The van der Waals surface area contributed by atoms with Gasteiger partial charge in [-0.3, -0.25) is 4.79 Å². The van der Waals surface area contributed by atoms with E-state index in [1.807, 2.05) is 63.2 Å². The molecule has 0 atom stereocenters. The molecule has 0 aromatic heterocycles. The van der Waals surface area contributed by atoms with Gasteiger partial charge in [0, 0.05) is 37.2 Å². The van der Waals surface area contributed by atoms with Gasteiger partial charge in [0.2, 0.25) is 15.9 Å². The van der Waals surface area contributed by atoms with Crippen LogP contribution in [0.3, 0.4) is 0 Å². The van der Waals surface area contributed by atoms with E-state index in [9.17, 15) is 13.2 Å². The molecule has 5 nitrogen and oxygen atoms in total. The van der Waals surface area contributed by atoms with Crippen LogP contribution < -0.4 is 0 Å². The van der Waals surface area contributed by atoms with Gasteiger partial charge in [0.05, 0.1) is 4.90 Å². The Morgan fingerprint density at radius 3 is 2.00 bits per heavy atom. The average Bonchev–Trinajstić information content (AvgIpc) is 2.67. The monoisotopic (exact) mass is 386 g/mol. The molecule has 1 aliphatic rings. The van der Waals surface area contributed by atoms with Crippen molar-refractivity contribution in [1.82, 2.24) is 9.21 Å². The largest absolute Gasteiger partial charge is 0.340 e. The predicted octanol–water partition coefficient (Wildman–Crippen LogP) is 3.23. The maximum atomic E-state index is 13.3. The van der Waals surface area contributed by atoms with Gasteiger partial charge in [0.15, 0.2) is 0 Å². The molecule has 0 saturated carbocycles.